The minimum absolute atomic E-state index is 0.00745. The molecule has 4 saturated carbocycles. The molecule has 0 aromatic heterocycles. The number of carbonyl (C=O) groups is 1. The summed E-state index contributed by atoms with van der Waals surface area (Å²) in [4.78, 5) is 13.4. The summed E-state index contributed by atoms with van der Waals surface area (Å²) < 4.78 is 5.47. The van der Waals surface area contributed by atoms with Gasteiger partial charge in [0.2, 0.25) is 0 Å². The summed E-state index contributed by atoms with van der Waals surface area (Å²) in [6.45, 7) is 16.4. The van der Waals surface area contributed by atoms with Crippen molar-refractivity contribution in [3.05, 3.63) is 11.6 Å². The van der Waals surface area contributed by atoms with Crippen LogP contribution in [0.3, 0.4) is 0 Å². The number of ether oxygens (including phenoxy) is 1. The SMILES string of the molecule is COC(=O)[C@]12CCC(C)(C)C[C@H]1C1=CC[C@@H]3[C@@]4(C)CC[C@@H](O)C(C)(C)[C@@H]4[C@H](O)C[C@@]3(C)[C@]1(C)CC2. The number of hydrogen-bond donors (Lipinski definition) is 2. The average Bonchev–Trinajstić information content (AvgIpc) is 2.76. The molecule has 0 radical (unpaired) electrons. The van der Waals surface area contributed by atoms with E-state index in [1.807, 2.05) is 0 Å². The molecule has 2 N–H and O–H groups in total. The Labute approximate surface area is 213 Å². The summed E-state index contributed by atoms with van der Waals surface area (Å²) in [6.07, 6.45) is 10.2. The zero-order chi connectivity index (χ0) is 25.8. The van der Waals surface area contributed by atoms with E-state index in [4.69, 9.17) is 4.74 Å². The Bertz CT molecular complexity index is 934. The van der Waals surface area contributed by atoms with Gasteiger partial charge in [0.15, 0.2) is 0 Å². The number of methoxy groups -OCH3 is 1. The monoisotopic (exact) mass is 486 g/mol. The second-order valence-electron chi connectivity index (χ2n) is 15.4. The van der Waals surface area contributed by atoms with Crippen LogP contribution in [0.1, 0.15) is 106 Å². The van der Waals surface area contributed by atoms with E-state index in [0.29, 0.717) is 5.92 Å². The molecule has 5 aliphatic carbocycles. The molecule has 0 aromatic carbocycles. The lowest BCUT2D eigenvalue weighted by Crippen LogP contribution is -2.68. The molecule has 0 bridgehead atoms. The van der Waals surface area contributed by atoms with E-state index < -0.39 is 11.5 Å². The van der Waals surface area contributed by atoms with Crippen molar-refractivity contribution in [1.29, 1.82) is 0 Å². The van der Waals surface area contributed by atoms with Crippen LogP contribution in [0.25, 0.3) is 0 Å². The molecular weight excluding hydrogens is 436 g/mol. The topological polar surface area (TPSA) is 66.8 Å². The minimum atomic E-state index is -0.419. The first-order valence-corrected chi connectivity index (χ1v) is 14.2. The second kappa shape index (κ2) is 7.59. The van der Waals surface area contributed by atoms with Crippen molar-refractivity contribution < 1.29 is 19.7 Å². The fraction of sp³-hybridized carbons (Fsp3) is 0.903. The smallest absolute Gasteiger partial charge is 0.312 e. The number of carbonyl (C=O) groups excluding carboxylic acids is 1. The van der Waals surface area contributed by atoms with Crippen LogP contribution >= 0.6 is 0 Å². The fourth-order valence-electron chi connectivity index (χ4n) is 11.0. The first kappa shape index (κ1) is 25.8. The highest BCUT2D eigenvalue weighted by atomic mass is 16.5. The molecule has 4 heteroatoms. The predicted octanol–water partition coefficient (Wildman–Crippen LogP) is 6.29. The van der Waals surface area contributed by atoms with E-state index in [9.17, 15) is 15.0 Å². The van der Waals surface area contributed by atoms with Crippen LogP contribution < -0.4 is 0 Å². The summed E-state index contributed by atoms with van der Waals surface area (Å²) in [7, 11) is 1.56. The maximum absolute atomic E-state index is 13.4. The van der Waals surface area contributed by atoms with Crippen LogP contribution in [0.4, 0.5) is 0 Å². The van der Waals surface area contributed by atoms with Crippen LogP contribution in [0, 0.1) is 50.2 Å². The molecule has 0 amide bonds. The molecule has 35 heavy (non-hydrogen) atoms. The van der Waals surface area contributed by atoms with Crippen LogP contribution in [-0.2, 0) is 9.53 Å². The largest absolute Gasteiger partial charge is 0.469 e. The Morgan fingerprint density at radius 2 is 1.60 bits per heavy atom. The molecule has 0 spiro atoms. The predicted molar refractivity (Wildman–Crippen MR) is 138 cm³/mol. The second-order valence-corrected chi connectivity index (χ2v) is 15.4. The number of fused-ring (bicyclic) bond motifs is 7. The molecule has 5 aliphatic rings. The van der Waals surface area contributed by atoms with Crippen LogP contribution in [0.15, 0.2) is 11.6 Å². The van der Waals surface area contributed by atoms with Gasteiger partial charge in [0.25, 0.3) is 0 Å². The number of esters is 1. The summed E-state index contributed by atoms with van der Waals surface area (Å²) in [5.74, 6) is 0.780. The number of aliphatic hydroxyl groups is 2. The zero-order valence-corrected chi connectivity index (χ0v) is 23.5. The Balaban J connectivity index is 1.62. The van der Waals surface area contributed by atoms with E-state index >= 15 is 0 Å². The minimum Gasteiger partial charge on any atom is -0.469 e. The molecular formula is C31H50O4. The van der Waals surface area contributed by atoms with Gasteiger partial charge in [-0.2, -0.15) is 0 Å². The van der Waals surface area contributed by atoms with Crippen molar-refractivity contribution in [2.24, 2.45) is 50.2 Å². The van der Waals surface area contributed by atoms with E-state index in [1.54, 1.807) is 7.11 Å². The molecule has 198 valence electrons. The summed E-state index contributed by atoms with van der Waals surface area (Å²) in [5, 5.41) is 22.7. The van der Waals surface area contributed by atoms with E-state index in [2.05, 4.69) is 54.5 Å². The highest BCUT2D eigenvalue weighted by molar-refractivity contribution is 5.78. The van der Waals surface area contributed by atoms with E-state index in [1.165, 1.54) is 5.57 Å². The van der Waals surface area contributed by atoms with Crippen LogP contribution in [0.5, 0.6) is 0 Å². The quantitative estimate of drug-likeness (QED) is 0.337. The van der Waals surface area contributed by atoms with Gasteiger partial charge >= 0.3 is 5.97 Å². The molecule has 4 fully saturated rings. The molecule has 9 atom stereocenters. The third-order valence-corrected chi connectivity index (χ3v) is 13.1. The van der Waals surface area contributed by atoms with Gasteiger partial charge in [0, 0.05) is 0 Å². The van der Waals surface area contributed by atoms with Gasteiger partial charge in [-0.15, -0.1) is 0 Å². The van der Waals surface area contributed by atoms with Gasteiger partial charge < -0.3 is 14.9 Å². The van der Waals surface area contributed by atoms with Gasteiger partial charge in [-0.1, -0.05) is 60.1 Å². The number of rotatable bonds is 1. The van der Waals surface area contributed by atoms with Gasteiger partial charge in [0.05, 0.1) is 24.7 Å². The Morgan fingerprint density at radius 3 is 2.26 bits per heavy atom. The lowest BCUT2D eigenvalue weighted by molar-refractivity contribution is -0.242. The molecule has 4 nitrogen and oxygen atoms in total. The Hall–Kier alpha value is -0.870. The molecule has 0 heterocycles. The van der Waals surface area contributed by atoms with Crippen molar-refractivity contribution in [3.63, 3.8) is 0 Å². The van der Waals surface area contributed by atoms with Crippen LogP contribution in [-0.4, -0.2) is 35.5 Å². The number of hydrogen-bond acceptors (Lipinski definition) is 4. The average molecular weight is 487 g/mol. The molecule has 0 unspecified atom stereocenters. The standard InChI is InChI=1S/C31H50O4/c1-26(2)13-15-31(25(34)35-8)16-14-29(6)19(20(31)17-26)9-10-22-28(5)12-11-23(33)27(3,4)24(28)21(32)18-30(22,29)7/h9,20-24,32-33H,10-18H2,1-8H3/t20-,21+,22+,23+,24-,28+,29+,30+,31-/m0/s1. The number of aliphatic hydroxyl groups excluding tert-OH is 2. The van der Waals surface area contributed by atoms with Crippen molar-refractivity contribution >= 4 is 5.97 Å². The maximum Gasteiger partial charge on any atom is 0.312 e. The van der Waals surface area contributed by atoms with Gasteiger partial charge in [-0.3, -0.25) is 4.79 Å². The lowest BCUT2D eigenvalue weighted by atomic mass is 9.33. The van der Waals surface area contributed by atoms with Crippen molar-refractivity contribution in [2.75, 3.05) is 7.11 Å². The van der Waals surface area contributed by atoms with Crippen LogP contribution in [0.2, 0.25) is 0 Å². The first-order chi connectivity index (χ1) is 16.1. The molecule has 5 rings (SSSR count). The first-order valence-electron chi connectivity index (χ1n) is 14.2. The summed E-state index contributed by atoms with van der Waals surface area (Å²) in [6, 6.07) is 0. The third kappa shape index (κ3) is 3.14. The maximum atomic E-state index is 13.4. The Morgan fingerprint density at radius 1 is 0.943 bits per heavy atom. The summed E-state index contributed by atoms with van der Waals surface area (Å²) >= 11 is 0. The molecule has 0 aromatic rings. The highest BCUT2D eigenvalue weighted by Crippen LogP contribution is 2.75. The van der Waals surface area contributed by atoms with Crippen molar-refractivity contribution in [3.8, 4) is 0 Å². The van der Waals surface area contributed by atoms with Crippen molar-refractivity contribution in [1.82, 2.24) is 0 Å². The van der Waals surface area contributed by atoms with E-state index in [0.717, 1.165) is 57.8 Å². The fourth-order valence-corrected chi connectivity index (χ4v) is 11.0. The van der Waals surface area contributed by atoms with E-state index in [-0.39, 0.29) is 51.0 Å². The number of allylic oxidation sites excluding steroid dienone is 2. The van der Waals surface area contributed by atoms with Crippen molar-refractivity contribution in [2.45, 2.75) is 118 Å². The Kier molecular flexibility index (Phi) is 5.59. The van der Waals surface area contributed by atoms with Gasteiger partial charge in [-0.25, -0.2) is 0 Å². The van der Waals surface area contributed by atoms with Gasteiger partial charge in [-0.05, 0) is 103 Å². The highest BCUT2D eigenvalue weighted by Gasteiger charge is 2.71. The third-order valence-electron chi connectivity index (χ3n) is 13.1. The zero-order valence-electron chi connectivity index (χ0n) is 23.5. The molecule has 0 aliphatic heterocycles. The normalized spacial score (nSPS) is 52.2. The van der Waals surface area contributed by atoms with Gasteiger partial charge in [0.1, 0.15) is 0 Å². The molecule has 0 saturated heterocycles. The lowest BCUT2D eigenvalue weighted by Gasteiger charge is -2.72. The summed E-state index contributed by atoms with van der Waals surface area (Å²) in [5.41, 5.74) is 0.929.